The number of carbonyl (C=O) groups excluding carboxylic acids is 1. The van der Waals surface area contributed by atoms with Crippen molar-refractivity contribution in [3.63, 3.8) is 0 Å². The van der Waals surface area contributed by atoms with Gasteiger partial charge in [-0.3, -0.25) is 9.89 Å². The summed E-state index contributed by atoms with van der Waals surface area (Å²) in [5, 5.41) is 10.2. The number of benzene rings is 1. The third kappa shape index (κ3) is 5.64. The summed E-state index contributed by atoms with van der Waals surface area (Å²) < 4.78 is 22.2. The molecule has 186 valence electrons. The fraction of sp³-hybridized carbons (Fsp3) is 0.440. The molecule has 0 bridgehead atoms. The number of hydrogen-bond acceptors (Lipinski definition) is 8. The van der Waals surface area contributed by atoms with Crippen LogP contribution in [0.2, 0.25) is 0 Å². The highest BCUT2D eigenvalue weighted by atomic mass is 16.5. The zero-order valence-electron chi connectivity index (χ0n) is 20.7. The summed E-state index contributed by atoms with van der Waals surface area (Å²) in [5.74, 6) is 1.33. The number of carbonyl (C=O) groups is 1. The number of H-pyrrole nitrogens is 1. The Kier molecular flexibility index (Phi) is 7.38. The highest BCUT2D eigenvalue weighted by Crippen LogP contribution is 2.40. The number of aromatic amines is 1. The van der Waals surface area contributed by atoms with E-state index in [1.165, 1.54) is 0 Å². The van der Waals surface area contributed by atoms with E-state index in [4.69, 9.17) is 18.9 Å². The normalized spacial score (nSPS) is 17.5. The Morgan fingerprint density at radius 1 is 0.914 bits per heavy atom. The quantitative estimate of drug-likeness (QED) is 0.500. The molecule has 0 spiro atoms. The SMILES string of the molecule is COc1cc(-c2cc(C(=O)NC3CCC(Oc4nc(C)cc(C)n4)CC3)[nH]n2)cc(OC)c1OC. The van der Waals surface area contributed by atoms with Crippen LogP contribution in [0.25, 0.3) is 11.3 Å². The average molecular weight is 482 g/mol. The number of rotatable bonds is 8. The lowest BCUT2D eigenvalue weighted by Crippen LogP contribution is -2.40. The van der Waals surface area contributed by atoms with Gasteiger partial charge in [0, 0.05) is 23.0 Å². The lowest BCUT2D eigenvalue weighted by Gasteiger charge is -2.28. The molecule has 2 heterocycles. The van der Waals surface area contributed by atoms with Crippen molar-refractivity contribution in [1.82, 2.24) is 25.5 Å². The second kappa shape index (κ2) is 10.6. The number of methoxy groups -OCH3 is 3. The van der Waals surface area contributed by atoms with E-state index >= 15 is 0 Å². The van der Waals surface area contributed by atoms with Gasteiger partial charge in [0.2, 0.25) is 5.75 Å². The van der Waals surface area contributed by atoms with E-state index in [1.54, 1.807) is 39.5 Å². The summed E-state index contributed by atoms with van der Waals surface area (Å²) in [6, 6.07) is 7.70. The number of amides is 1. The molecule has 1 fully saturated rings. The molecule has 1 aliphatic rings. The maximum atomic E-state index is 12.8. The average Bonchev–Trinajstić information content (AvgIpc) is 3.34. The van der Waals surface area contributed by atoms with Gasteiger partial charge >= 0.3 is 6.01 Å². The van der Waals surface area contributed by atoms with E-state index in [9.17, 15) is 4.79 Å². The van der Waals surface area contributed by atoms with Crippen molar-refractivity contribution in [2.45, 2.75) is 51.7 Å². The van der Waals surface area contributed by atoms with Crippen LogP contribution in [0.15, 0.2) is 24.3 Å². The minimum atomic E-state index is -0.196. The minimum absolute atomic E-state index is 0.0446. The first-order valence-electron chi connectivity index (χ1n) is 11.6. The second-order valence-corrected chi connectivity index (χ2v) is 8.58. The molecule has 0 radical (unpaired) electrons. The molecule has 1 aromatic carbocycles. The van der Waals surface area contributed by atoms with Gasteiger partial charge in [0.15, 0.2) is 11.5 Å². The molecular formula is C25H31N5O5. The Morgan fingerprint density at radius 3 is 2.11 bits per heavy atom. The Balaban J connectivity index is 1.36. The standard InChI is InChI=1S/C25H31N5O5/c1-14-10-15(2)27-25(26-14)35-18-8-6-17(7-9-18)28-24(31)20-13-19(29-30-20)16-11-21(32-3)23(34-5)22(12-16)33-4/h10-13,17-18H,6-9H2,1-5H3,(H,28,31)(H,29,30). The zero-order valence-corrected chi connectivity index (χ0v) is 20.7. The minimum Gasteiger partial charge on any atom is -0.493 e. The van der Waals surface area contributed by atoms with Crippen molar-refractivity contribution in [2.75, 3.05) is 21.3 Å². The number of nitrogens with one attached hydrogen (secondary N) is 2. The molecule has 0 saturated heterocycles. The molecule has 1 amide bonds. The van der Waals surface area contributed by atoms with E-state index < -0.39 is 0 Å². The van der Waals surface area contributed by atoms with Gasteiger partial charge in [-0.1, -0.05) is 0 Å². The lowest BCUT2D eigenvalue weighted by molar-refractivity contribution is 0.0880. The van der Waals surface area contributed by atoms with Crippen molar-refractivity contribution < 1.29 is 23.7 Å². The predicted octanol–water partition coefficient (Wildman–Crippen LogP) is 3.63. The van der Waals surface area contributed by atoms with E-state index in [1.807, 2.05) is 19.9 Å². The molecule has 0 aliphatic heterocycles. The van der Waals surface area contributed by atoms with Crippen LogP contribution in [-0.4, -0.2) is 59.5 Å². The first-order valence-corrected chi connectivity index (χ1v) is 11.6. The number of ether oxygens (including phenoxy) is 4. The summed E-state index contributed by atoms with van der Waals surface area (Å²) in [7, 11) is 4.66. The Bertz CT molecular complexity index is 1140. The lowest BCUT2D eigenvalue weighted by atomic mass is 9.93. The Hall–Kier alpha value is -3.82. The summed E-state index contributed by atoms with van der Waals surface area (Å²) >= 11 is 0. The van der Waals surface area contributed by atoms with Crippen LogP contribution in [0.3, 0.4) is 0 Å². The molecule has 10 heteroatoms. The van der Waals surface area contributed by atoms with Crippen molar-refractivity contribution >= 4 is 5.91 Å². The summed E-state index contributed by atoms with van der Waals surface area (Å²) in [4.78, 5) is 21.6. The van der Waals surface area contributed by atoms with Gasteiger partial charge < -0.3 is 24.3 Å². The van der Waals surface area contributed by atoms with Crippen LogP contribution in [0.1, 0.15) is 47.6 Å². The van der Waals surface area contributed by atoms with Crippen LogP contribution >= 0.6 is 0 Å². The van der Waals surface area contributed by atoms with Crippen LogP contribution in [0.4, 0.5) is 0 Å². The summed E-state index contributed by atoms with van der Waals surface area (Å²) in [5.41, 5.74) is 3.49. The molecule has 4 rings (SSSR count). The highest BCUT2D eigenvalue weighted by molar-refractivity contribution is 5.93. The van der Waals surface area contributed by atoms with E-state index in [0.29, 0.717) is 34.6 Å². The number of nitrogens with zero attached hydrogens (tertiary/aromatic N) is 3. The number of aromatic nitrogens is 4. The number of aryl methyl sites for hydroxylation is 2. The molecule has 3 aromatic rings. The van der Waals surface area contributed by atoms with Crippen LogP contribution in [0.5, 0.6) is 23.3 Å². The largest absolute Gasteiger partial charge is 0.493 e. The first kappa shape index (κ1) is 24.3. The maximum Gasteiger partial charge on any atom is 0.317 e. The fourth-order valence-corrected chi connectivity index (χ4v) is 4.30. The van der Waals surface area contributed by atoms with Crippen molar-refractivity contribution in [3.05, 3.63) is 41.3 Å². The van der Waals surface area contributed by atoms with Gasteiger partial charge in [-0.15, -0.1) is 0 Å². The summed E-state index contributed by atoms with van der Waals surface area (Å²) in [6.07, 6.45) is 3.31. The van der Waals surface area contributed by atoms with Crippen LogP contribution < -0.4 is 24.3 Å². The monoisotopic (exact) mass is 481 g/mol. The molecule has 35 heavy (non-hydrogen) atoms. The van der Waals surface area contributed by atoms with E-state index in [2.05, 4.69) is 25.5 Å². The molecule has 2 aromatic heterocycles. The zero-order chi connectivity index (χ0) is 24.9. The maximum absolute atomic E-state index is 12.8. The third-order valence-corrected chi connectivity index (χ3v) is 6.03. The van der Waals surface area contributed by atoms with Gasteiger partial charge in [0.25, 0.3) is 5.91 Å². The van der Waals surface area contributed by atoms with Crippen molar-refractivity contribution in [3.8, 4) is 34.5 Å². The molecule has 0 unspecified atom stereocenters. The predicted molar refractivity (Wildman–Crippen MR) is 129 cm³/mol. The van der Waals surface area contributed by atoms with Gasteiger partial charge in [-0.2, -0.15) is 5.10 Å². The molecule has 2 N–H and O–H groups in total. The molecule has 0 atom stereocenters. The van der Waals surface area contributed by atoms with Gasteiger partial charge in [0.1, 0.15) is 11.8 Å². The summed E-state index contributed by atoms with van der Waals surface area (Å²) in [6.45, 7) is 3.85. The van der Waals surface area contributed by atoms with Crippen LogP contribution in [0, 0.1) is 13.8 Å². The van der Waals surface area contributed by atoms with Crippen LogP contribution in [-0.2, 0) is 0 Å². The highest BCUT2D eigenvalue weighted by Gasteiger charge is 2.25. The fourth-order valence-electron chi connectivity index (χ4n) is 4.30. The second-order valence-electron chi connectivity index (χ2n) is 8.58. The smallest absolute Gasteiger partial charge is 0.317 e. The molecule has 1 aliphatic carbocycles. The van der Waals surface area contributed by atoms with E-state index in [0.717, 1.165) is 42.6 Å². The van der Waals surface area contributed by atoms with Crippen molar-refractivity contribution in [2.24, 2.45) is 0 Å². The third-order valence-electron chi connectivity index (χ3n) is 6.03. The van der Waals surface area contributed by atoms with Gasteiger partial charge in [-0.05, 0) is 63.8 Å². The van der Waals surface area contributed by atoms with Gasteiger partial charge in [0.05, 0.1) is 27.0 Å². The molecule has 10 nitrogen and oxygen atoms in total. The van der Waals surface area contributed by atoms with E-state index in [-0.39, 0.29) is 18.1 Å². The Labute approximate surface area is 204 Å². The first-order chi connectivity index (χ1) is 16.9. The van der Waals surface area contributed by atoms with Gasteiger partial charge in [-0.25, -0.2) is 9.97 Å². The van der Waals surface area contributed by atoms with Crippen molar-refractivity contribution in [1.29, 1.82) is 0 Å². The number of hydrogen-bond donors (Lipinski definition) is 2. The Morgan fingerprint density at radius 2 is 1.54 bits per heavy atom. The molecule has 1 saturated carbocycles. The molecular weight excluding hydrogens is 450 g/mol. The topological polar surface area (TPSA) is 120 Å².